The van der Waals surface area contributed by atoms with E-state index in [-0.39, 0.29) is 17.9 Å². The Morgan fingerprint density at radius 3 is 2.27 bits per heavy atom. The molecule has 0 aliphatic rings. The predicted octanol–water partition coefficient (Wildman–Crippen LogP) is 2.44. The third-order valence-electron chi connectivity index (χ3n) is 3.77. The molecule has 2 aromatic rings. The summed E-state index contributed by atoms with van der Waals surface area (Å²) in [6.45, 7) is 3.62. The molecule has 0 unspecified atom stereocenters. The molecule has 0 atom stereocenters. The largest absolute Gasteiger partial charge is 0.493 e. The number of amides is 2. The van der Waals surface area contributed by atoms with Crippen LogP contribution in [0.5, 0.6) is 17.2 Å². The smallest absolute Gasteiger partial charge is 0.262 e. The number of hydrogen-bond acceptors (Lipinski definition) is 5. The average molecular weight is 358 g/mol. The Kier molecular flexibility index (Phi) is 6.06. The number of benzene rings is 2. The quantitative estimate of drug-likeness (QED) is 0.792. The molecule has 2 aromatic carbocycles. The van der Waals surface area contributed by atoms with E-state index in [1.807, 2.05) is 32.0 Å². The van der Waals surface area contributed by atoms with E-state index < -0.39 is 11.8 Å². The number of nitrogens with one attached hydrogen (secondary N) is 1. The summed E-state index contributed by atoms with van der Waals surface area (Å²) in [7, 11) is 2.90. The highest BCUT2D eigenvalue weighted by atomic mass is 16.5. The van der Waals surface area contributed by atoms with Crippen molar-refractivity contribution < 1.29 is 23.8 Å². The summed E-state index contributed by atoms with van der Waals surface area (Å²) in [5, 5.41) is 2.62. The van der Waals surface area contributed by atoms with Crippen molar-refractivity contribution >= 4 is 17.5 Å². The third kappa shape index (κ3) is 4.44. The second-order valence-corrected chi connectivity index (χ2v) is 5.72. The van der Waals surface area contributed by atoms with Gasteiger partial charge >= 0.3 is 0 Å². The summed E-state index contributed by atoms with van der Waals surface area (Å²) in [5.41, 5.74) is 7.68. The van der Waals surface area contributed by atoms with Gasteiger partial charge in [-0.1, -0.05) is 12.1 Å². The highest BCUT2D eigenvalue weighted by molar-refractivity contribution is 6.04. The van der Waals surface area contributed by atoms with Crippen LogP contribution in [0.2, 0.25) is 0 Å². The molecule has 0 saturated heterocycles. The lowest BCUT2D eigenvalue weighted by Crippen LogP contribution is -2.23. The number of hydrogen-bond donors (Lipinski definition) is 2. The summed E-state index contributed by atoms with van der Waals surface area (Å²) in [5.74, 6) is 0.203. The Morgan fingerprint density at radius 1 is 1.00 bits per heavy atom. The number of ether oxygens (including phenoxy) is 3. The van der Waals surface area contributed by atoms with E-state index >= 15 is 0 Å². The maximum atomic E-state index is 12.3. The van der Waals surface area contributed by atoms with Crippen LogP contribution in [0.15, 0.2) is 30.3 Å². The summed E-state index contributed by atoms with van der Waals surface area (Å²) < 4.78 is 15.9. The van der Waals surface area contributed by atoms with Gasteiger partial charge in [0.15, 0.2) is 18.1 Å². The number of carbonyl (C=O) groups is 2. The summed E-state index contributed by atoms with van der Waals surface area (Å²) in [6, 6.07) is 8.64. The van der Waals surface area contributed by atoms with Crippen LogP contribution in [0.25, 0.3) is 0 Å². The van der Waals surface area contributed by atoms with Crippen LogP contribution >= 0.6 is 0 Å². The van der Waals surface area contributed by atoms with E-state index in [1.54, 1.807) is 0 Å². The molecule has 138 valence electrons. The van der Waals surface area contributed by atoms with Crippen LogP contribution in [0.4, 0.5) is 5.69 Å². The van der Waals surface area contributed by atoms with E-state index in [1.165, 1.54) is 26.4 Å². The van der Waals surface area contributed by atoms with Crippen molar-refractivity contribution in [3.63, 3.8) is 0 Å². The van der Waals surface area contributed by atoms with Crippen LogP contribution in [-0.4, -0.2) is 32.6 Å². The zero-order valence-corrected chi connectivity index (χ0v) is 15.2. The van der Waals surface area contributed by atoms with Gasteiger partial charge in [-0.15, -0.1) is 0 Å². The van der Waals surface area contributed by atoms with Crippen molar-refractivity contribution in [2.45, 2.75) is 13.8 Å². The van der Waals surface area contributed by atoms with Crippen LogP contribution < -0.4 is 25.3 Å². The van der Waals surface area contributed by atoms with Crippen LogP contribution in [0, 0.1) is 13.8 Å². The van der Waals surface area contributed by atoms with Crippen molar-refractivity contribution in [2.75, 3.05) is 26.1 Å². The topological polar surface area (TPSA) is 99.9 Å². The molecule has 0 radical (unpaired) electrons. The molecular weight excluding hydrogens is 336 g/mol. The van der Waals surface area contributed by atoms with Crippen molar-refractivity contribution in [3.8, 4) is 17.2 Å². The van der Waals surface area contributed by atoms with E-state index in [0.717, 1.165) is 11.1 Å². The summed E-state index contributed by atoms with van der Waals surface area (Å²) in [4.78, 5) is 23.9. The first kappa shape index (κ1) is 19.1. The number of rotatable bonds is 7. The fourth-order valence-electron chi connectivity index (χ4n) is 2.38. The molecule has 0 spiro atoms. The lowest BCUT2D eigenvalue weighted by molar-refractivity contribution is -0.118. The Morgan fingerprint density at radius 2 is 1.65 bits per heavy atom. The van der Waals surface area contributed by atoms with E-state index in [2.05, 4.69) is 5.32 Å². The average Bonchev–Trinajstić information content (AvgIpc) is 2.61. The van der Waals surface area contributed by atoms with Gasteiger partial charge in [0, 0.05) is 6.07 Å². The fourth-order valence-corrected chi connectivity index (χ4v) is 2.38. The molecule has 26 heavy (non-hydrogen) atoms. The Balaban J connectivity index is 2.17. The number of aryl methyl sites for hydroxylation is 2. The van der Waals surface area contributed by atoms with Gasteiger partial charge in [-0.2, -0.15) is 0 Å². The summed E-state index contributed by atoms with van der Waals surface area (Å²) in [6.07, 6.45) is 0. The predicted molar refractivity (Wildman–Crippen MR) is 98.1 cm³/mol. The third-order valence-corrected chi connectivity index (χ3v) is 3.77. The maximum absolute atomic E-state index is 12.3. The first-order valence-electron chi connectivity index (χ1n) is 7.91. The Hall–Kier alpha value is -3.22. The second kappa shape index (κ2) is 8.24. The van der Waals surface area contributed by atoms with Gasteiger partial charge < -0.3 is 25.3 Å². The van der Waals surface area contributed by atoms with Gasteiger partial charge in [0.2, 0.25) is 0 Å². The fraction of sp³-hybridized carbons (Fsp3) is 0.263. The minimum atomic E-state index is -0.697. The number of primary amides is 1. The van der Waals surface area contributed by atoms with E-state index in [0.29, 0.717) is 17.2 Å². The second-order valence-electron chi connectivity index (χ2n) is 5.72. The number of methoxy groups -OCH3 is 2. The van der Waals surface area contributed by atoms with Crippen LogP contribution in [-0.2, 0) is 4.79 Å². The minimum absolute atomic E-state index is 0.114. The first-order valence-corrected chi connectivity index (χ1v) is 7.91. The monoisotopic (exact) mass is 358 g/mol. The molecule has 0 fully saturated rings. The maximum Gasteiger partial charge on any atom is 0.262 e. The minimum Gasteiger partial charge on any atom is -0.493 e. The van der Waals surface area contributed by atoms with Crippen molar-refractivity contribution in [1.82, 2.24) is 0 Å². The van der Waals surface area contributed by atoms with Gasteiger partial charge in [-0.05, 0) is 37.1 Å². The highest BCUT2D eigenvalue weighted by Gasteiger charge is 2.17. The first-order chi connectivity index (χ1) is 12.3. The van der Waals surface area contributed by atoms with Gasteiger partial charge in [-0.25, -0.2) is 0 Å². The number of anilines is 1. The lowest BCUT2D eigenvalue weighted by atomic mass is 10.1. The van der Waals surface area contributed by atoms with Gasteiger partial charge in [-0.3, -0.25) is 9.59 Å². The van der Waals surface area contributed by atoms with Gasteiger partial charge in [0.25, 0.3) is 11.8 Å². The van der Waals surface area contributed by atoms with Crippen molar-refractivity contribution in [3.05, 3.63) is 47.0 Å². The van der Waals surface area contributed by atoms with Crippen LogP contribution in [0.1, 0.15) is 21.5 Å². The Labute approximate surface area is 152 Å². The molecule has 2 amide bonds. The lowest BCUT2D eigenvalue weighted by Gasteiger charge is -2.15. The highest BCUT2D eigenvalue weighted by Crippen LogP contribution is 2.33. The molecule has 0 aliphatic carbocycles. The van der Waals surface area contributed by atoms with Crippen molar-refractivity contribution in [2.24, 2.45) is 5.73 Å². The molecule has 0 bridgehead atoms. The van der Waals surface area contributed by atoms with Crippen molar-refractivity contribution in [1.29, 1.82) is 0 Å². The standard InChI is InChI=1S/C19H22N2O5/c1-11-5-6-12(2)15(7-11)26-10-18(22)21-14-9-17(25-4)16(24-3)8-13(14)19(20)23/h5-9H,10H2,1-4H3,(H2,20,23)(H,21,22). The molecule has 3 N–H and O–H groups in total. The molecule has 0 aliphatic heterocycles. The number of carbonyl (C=O) groups excluding carboxylic acids is 2. The molecule has 0 saturated carbocycles. The SMILES string of the molecule is COc1cc(NC(=O)COc2cc(C)ccc2C)c(C(N)=O)cc1OC. The molecule has 0 heterocycles. The zero-order valence-electron chi connectivity index (χ0n) is 15.2. The Bertz CT molecular complexity index is 833. The normalized spacial score (nSPS) is 10.2. The molecular formula is C19H22N2O5. The van der Waals surface area contributed by atoms with Crippen LogP contribution in [0.3, 0.4) is 0 Å². The van der Waals surface area contributed by atoms with Gasteiger partial charge in [0.05, 0.1) is 25.5 Å². The molecule has 0 aromatic heterocycles. The van der Waals surface area contributed by atoms with Gasteiger partial charge in [0.1, 0.15) is 5.75 Å². The summed E-state index contributed by atoms with van der Waals surface area (Å²) >= 11 is 0. The van der Waals surface area contributed by atoms with E-state index in [4.69, 9.17) is 19.9 Å². The number of nitrogens with two attached hydrogens (primary N) is 1. The molecule has 7 heteroatoms. The molecule has 2 rings (SSSR count). The molecule has 7 nitrogen and oxygen atoms in total. The van der Waals surface area contributed by atoms with E-state index in [9.17, 15) is 9.59 Å². The zero-order chi connectivity index (χ0) is 19.3.